The van der Waals surface area contributed by atoms with Crippen molar-refractivity contribution < 1.29 is 10.4 Å². The molecule has 0 bridgehead atoms. The summed E-state index contributed by atoms with van der Waals surface area (Å²) in [5.41, 5.74) is 0. The minimum absolute atomic E-state index is 0.315. The van der Waals surface area contributed by atoms with Gasteiger partial charge < -0.3 is 10.4 Å². The highest BCUT2D eigenvalue weighted by atomic mass is 32.2. The van der Waals surface area contributed by atoms with E-state index in [1.54, 1.807) is 12.5 Å². The van der Waals surface area contributed by atoms with Crippen molar-refractivity contribution in [3.05, 3.63) is 0 Å². The molecule has 0 aliphatic carbocycles. The van der Waals surface area contributed by atoms with Crippen molar-refractivity contribution in [3.63, 3.8) is 0 Å². The first-order valence-electron chi connectivity index (χ1n) is 2.32. The van der Waals surface area contributed by atoms with Crippen LogP contribution in [0.2, 0.25) is 0 Å². The Labute approximate surface area is 67.4 Å². The molecule has 0 saturated heterocycles. The van der Waals surface area contributed by atoms with Gasteiger partial charge in [0.25, 0.3) is 0 Å². The SMILES string of the molecule is CSC(=NO)C(=NO)SC. The molecule has 58 valence electrons. The summed E-state index contributed by atoms with van der Waals surface area (Å²) in [5.74, 6) is 0. The number of oxime groups is 2. The zero-order chi connectivity index (χ0) is 7.98. The fourth-order valence-corrected chi connectivity index (χ4v) is 1.44. The Morgan fingerprint density at radius 1 is 1.00 bits per heavy atom. The fourth-order valence-electron chi connectivity index (χ4n) is 0.342. The highest BCUT2D eigenvalue weighted by Gasteiger charge is 2.06. The van der Waals surface area contributed by atoms with Gasteiger partial charge >= 0.3 is 0 Å². The first kappa shape index (κ1) is 9.64. The Hall–Kier alpha value is -0.360. The van der Waals surface area contributed by atoms with Crippen LogP contribution in [0.3, 0.4) is 0 Å². The molecule has 6 heteroatoms. The molecule has 0 heterocycles. The van der Waals surface area contributed by atoms with Gasteiger partial charge in [0, 0.05) is 0 Å². The number of nitrogens with zero attached hydrogens (tertiary/aromatic N) is 2. The lowest BCUT2D eigenvalue weighted by molar-refractivity contribution is 0.316. The number of hydrogen-bond acceptors (Lipinski definition) is 6. The molecule has 4 nitrogen and oxygen atoms in total. The van der Waals surface area contributed by atoms with Gasteiger partial charge in [-0.05, 0) is 12.5 Å². The Bertz CT molecular complexity index is 139. The summed E-state index contributed by atoms with van der Waals surface area (Å²) in [5, 5.41) is 23.1. The van der Waals surface area contributed by atoms with E-state index in [1.165, 1.54) is 23.5 Å². The molecule has 0 fully saturated rings. The van der Waals surface area contributed by atoms with Gasteiger partial charge in [0.1, 0.15) is 0 Å². The van der Waals surface area contributed by atoms with Gasteiger partial charge in [0.15, 0.2) is 10.1 Å². The molecular formula is C4H8N2O2S2. The summed E-state index contributed by atoms with van der Waals surface area (Å²) in [6.45, 7) is 0. The van der Waals surface area contributed by atoms with Crippen LogP contribution in [-0.2, 0) is 0 Å². The van der Waals surface area contributed by atoms with Gasteiger partial charge in [-0.1, -0.05) is 10.3 Å². The van der Waals surface area contributed by atoms with Gasteiger partial charge in [-0.15, -0.1) is 23.5 Å². The number of rotatable bonds is 0. The summed E-state index contributed by atoms with van der Waals surface area (Å²) in [6.07, 6.45) is 3.47. The maximum atomic E-state index is 8.32. The lowest BCUT2D eigenvalue weighted by atomic mass is 10.8. The number of thioether (sulfide) groups is 2. The average molecular weight is 180 g/mol. The van der Waals surface area contributed by atoms with Crippen molar-refractivity contribution in [2.45, 2.75) is 0 Å². The van der Waals surface area contributed by atoms with Crippen LogP contribution in [0, 0.1) is 0 Å². The van der Waals surface area contributed by atoms with E-state index >= 15 is 0 Å². The maximum absolute atomic E-state index is 8.32. The maximum Gasteiger partial charge on any atom is 0.171 e. The fraction of sp³-hybridized carbons (Fsp3) is 0.500. The smallest absolute Gasteiger partial charge is 0.171 e. The quantitative estimate of drug-likeness (QED) is 0.255. The highest BCUT2D eigenvalue weighted by molar-refractivity contribution is 8.24. The molecule has 0 spiro atoms. The summed E-state index contributed by atoms with van der Waals surface area (Å²) in [6, 6.07) is 0. The molecular weight excluding hydrogens is 172 g/mol. The van der Waals surface area contributed by atoms with Crippen LogP contribution in [-0.4, -0.2) is 33.0 Å². The van der Waals surface area contributed by atoms with E-state index in [0.717, 1.165) is 0 Å². The molecule has 0 atom stereocenters. The van der Waals surface area contributed by atoms with Gasteiger partial charge in [-0.2, -0.15) is 0 Å². The van der Waals surface area contributed by atoms with Crippen LogP contribution >= 0.6 is 23.5 Å². The normalized spacial score (nSPS) is 13.8. The third-order valence-electron chi connectivity index (χ3n) is 0.751. The largest absolute Gasteiger partial charge is 0.410 e. The molecule has 2 N–H and O–H groups in total. The van der Waals surface area contributed by atoms with Gasteiger partial charge in [-0.25, -0.2) is 0 Å². The standard InChI is InChI=1S/C4H8N2O2S2/c1-9-3(5-7)4(6-8)10-2/h7-8H,1-2H3. The zero-order valence-corrected chi connectivity index (χ0v) is 7.24. The van der Waals surface area contributed by atoms with E-state index in [2.05, 4.69) is 10.3 Å². The Balaban J connectivity index is 4.27. The molecule has 10 heavy (non-hydrogen) atoms. The molecule has 0 rings (SSSR count). The van der Waals surface area contributed by atoms with E-state index < -0.39 is 0 Å². The Morgan fingerprint density at radius 3 is 1.40 bits per heavy atom. The van der Waals surface area contributed by atoms with Gasteiger partial charge in [0.2, 0.25) is 0 Å². The van der Waals surface area contributed by atoms with Gasteiger partial charge in [-0.3, -0.25) is 0 Å². The summed E-state index contributed by atoms with van der Waals surface area (Å²) >= 11 is 2.43. The molecule has 0 aliphatic rings. The van der Waals surface area contributed by atoms with Crippen LogP contribution < -0.4 is 0 Å². The molecule has 0 radical (unpaired) electrons. The summed E-state index contributed by atoms with van der Waals surface area (Å²) in [7, 11) is 0. The first-order valence-corrected chi connectivity index (χ1v) is 4.77. The summed E-state index contributed by atoms with van der Waals surface area (Å²) in [4.78, 5) is 0. The van der Waals surface area contributed by atoms with E-state index in [9.17, 15) is 0 Å². The van der Waals surface area contributed by atoms with Crippen LogP contribution in [0.15, 0.2) is 10.3 Å². The van der Waals surface area contributed by atoms with E-state index in [4.69, 9.17) is 10.4 Å². The number of hydrogen-bond donors (Lipinski definition) is 2. The minimum Gasteiger partial charge on any atom is -0.410 e. The van der Waals surface area contributed by atoms with E-state index in [1.807, 2.05) is 0 Å². The van der Waals surface area contributed by atoms with Gasteiger partial charge in [0.05, 0.1) is 0 Å². The monoisotopic (exact) mass is 180 g/mol. The molecule has 0 aromatic rings. The lowest BCUT2D eigenvalue weighted by Crippen LogP contribution is -2.04. The highest BCUT2D eigenvalue weighted by Crippen LogP contribution is 2.08. The van der Waals surface area contributed by atoms with Crippen molar-refractivity contribution in [1.82, 2.24) is 0 Å². The third kappa shape index (κ3) is 2.49. The molecule has 0 unspecified atom stereocenters. The molecule has 0 aromatic heterocycles. The predicted octanol–water partition coefficient (Wildman–Crippen LogP) is 1.29. The van der Waals surface area contributed by atoms with Crippen molar-refractivity contribution in [2.75, 3.05) is 12.5 Å². The average Bonchev–Trinajstić information content (AvgIpc) is 2.00. The Kier molecular flexibility index (Phi) is 5.23. The van der Waals surface area contributed by atoms with Crippen molar-refractivity contribution in [3.8, 4) is 0 Å². The second-order valence-corrected chi connectivity index (χ2v) is 2.81. The van der Waals surface area contributed by atoms with Crippen molar-refractivity contribution in [2.24, 2.45) is 10.3 Å². The molecule has 0 saturated carbocycles. The minimum atomic E-state index is 0.315. The molecule has 0 aromatic carbocycles. The third-order valence-corrected chi connectivity index (χ3v) is 2.20. The predicted molar refractivity (Wildman–Crippen MR) is 45.5 cm³/mol. The zero-order valence-electron chi connectivity index (χ0n) is 5.61. The second-order valence-electron chi connectivity index (χ2n) is 1.22. The Morgan fingerprint density at radius 2 is 1.30 bits per heavy atom. The van der Waals surface area contributed by atoms with Crippen molar-refractivity contribution in [1.29, 1.82) is 0 Å². The topological polar surface area (TPSA) is 65.2 Å². The molecule has 0 amide bonds. The summed E-state index contributed by atoms with van der Waals surface area (Å²) < 4.78 is 0. The first-order chi connectivity index (χ1) is 4.79. The van der Waals surface area contributed by atoms with E-state index in [-0.39, 0.29) is 0 Å². The van der Waals surface area contributed by atoms with E-state index in [0.29, 0.717) is 10.1 Å². The second kappa shape index (κ2) is 5.43. The lowest BCUT2D eigenvalue weighted by Gasteiger charge is -1.97. The van der Waals surface area contributed by atoms with Crippen molar-refractivity contribution >= 4 is 33.6 Å². The van der Waals surface area contributed by atoms with Crippen LogP contribution in [0.1, 0.15) is 0 Å². The van der Waals surface area contributed by atoms with Crippen LogP contribution in [0.25, 0.3) is 0 Å². The van der Waals surface area contributed by atoms with Crippen LogP contribution in [0.5, 0.6) is 0 Å². The molecule has 0 aliphatic heterocycles. The van der Waals surface area contributed by atoms with Crippen LogP contribution in [0.4, 0.5) is 0 Å².